The monoisotopic (exact) mass is 154 g/mol. The summed E-state index contributed by atoms with van der Waals surface area (Å²) in [5.41, 5.74) is 11.9. The van der Waals surface area contributed by atoms with Crippen LogP contribution in [-0.2, 0) is 0 Å². The fourth-order valence-corrected chi connectivity index (χ4v) is 2.90. The molecule has 0 heterocycles. The Bertz CT molecular complexity index is 150. The van der Waals surface area contributed by atoms with Gasteiger partial charge in [0, 0.05) is 12.1 Å². The molecule has 3 saturated carbocycles. The molecule has 3 aliphatic carbocycles. The molecule has 1 atom stereocenters. The second-order valence-corrected chi connectivity index (χ2v) is 4.36. The highest BCUT2D eigenvalue weighted by Gasteiger charge is 2.43. The molecule has 0 amide bonds. The lowest BCUT2D eigenvalue weighted by Crippen LogP contribution is -2.58. The molecule has 0 aromatic heterocycles. The zero-order valence-electron chi connectivity index (χ0n) is 7.05. The van der Waals surface area contributed by atoms with Gasteiger partial charge in [0.25, 0.3) is 0 Å². The van der Waals surface area contributed by atoms with Crippen LogP contribution >= 0.6 is 0 Å². The normalized spacial score (nSPS) is 49.6. The van der Waals surface area contributed by atoms with Crippen molar-refractivity contribution in [1.29, 1.82) is 0 Å². The van der Waals surface area contributed by atoms with E-state index >= 15 is 0 Å². The number of nitrogens with two attached hydrogens (primary N) is 2. The molecular weight excluding hydrogens is 136 g/mol. The van der Waals surface area contributed by atoms with Crippen LogP contribution in [-0.4, -0.2) is 12.1 Å². The lowest BCUT2D eigenvalue weighted by Gasteiger charge is -2.49. The van der Waals surface area contributed by atoms with Gasteiger partial charge < -0.3 is 11.5 Å². The van der Waals surface area contributed by atoms with Gasteiger partial charge in [-0.2, -0.15) is 0 Å². The second kappa shape index (κ2) is 2.46. The van der Waals surface area contributed by atoms with Crippen LogP contribution in [0.15, 0.2) is 0 Å². The molecule has 11 heavy (non-hydrogen) atoms. The highest BCUT2D eigenvalue weighted by molar-refractivity contribution is 5.01. The minimum Gasteiger partial charge on any atom is -0.329 e. The third-order valence-corrected chi connectivity index (χ3v) is 3.71. The molecule has 3 fully saturated rings. The highest BCUT2D eigenvalue weighted by atomic mass is 14.8. The second-order valence-electron chi connectivity index (χ2n) is 4.36. The SMILES string of the molecule is NCC1(N)CC2CCC1CC2. The molecule has 2 nitrogen and oxygen atoms in total. The van der Waals surface area contributed by atoms with Crippen molar-refractivity contribution in [1.82, 2.24) is 0 Å². The molecular formula is C9H18N2. The minimum atomic E-state index is 0.0150. The van der Waals surface area contributed by atoms with Crippen LogP contribution < -0.4 is 11.5 Å². The predicted molar refractivity (Wildman–Crippen MR) is 46.0 cm³/mol. The first-order valence-corrected chi connectivity index (χ1v) is 4.73. The Morgan fingerprint density at radius 1 is 1.18 bits per heavy atom. The lowest BCUT2D eigenvalue weighted by molar-refractivity contribution is 0.0759. The Kier molecular flexibility index (Phi) is 1.69. The third-order valence-electron chi connectivity index (χ3n) is 3.71. The summed E-state index contributed by atoms with van der Waals surface area (Å²) in [6.07, 6.45) is 6.66. The van der Waals surface area contributed by atoms with Gasteiger partial charge in [-0.15, -0.1) is 0 Å². The van der Waals surface area contributed by atoms with E-state index in [4.69, 9.17) is 11.5 Å². The van der Waals surface area contributed by atoms with Crippen LogP contribution in [0.25, 0.3) is 0 Å². The lowest BCUT2D eigenvalue weighted by atomic mass is 9.61. The quantitative estimate of drug-likeness (QED) is 0.588. The van der Waals surface area contributed by atoms with Crippen LogP contribution in [0.4, 0.5) is 0 Å². The van der Waals surface area contributed by atoms with Gasteiger partial charge >= 0.3 is 0 Å². The van der Waals surface area contributed by atoms with Gasteiger partial charge in [0.05, 0.1) is 0 Å². The number of hydrogen-bond acceptors (Lipinski definition) is 2. The van der Waals surface area contributed by atoms with Crippen LogP contribution in [0, 0.1) is 11.8 Å². The number of fused-ring (bicyclic) bond motifs is 3. The standard InChI is InChI=1S/C9H18N2/c10-6-9(11)5-7-1-3-8(9)4-2-7/h7-8H,1-6,10-11H2. The van der Waals surface area contributed by atoms with Crippen molar-refractivity contribution in [3.8, 4) is 0 Å². The first-order valence-electron chi connectivity index (χ1n) is 4.73. The van der Waals surface area contributed by atoms with Gasteiger partial charge in [0.1, 0.15) is 0 Å². The fraction of sp³-hybridized carbons (Fsp3) is 1.00. The Balaban J connectivity index is 2.13. The predicted octanol–water partition coefficient (Wildman–Crippen LogP) is 0.853. The average Bonchev–Trinajstić information content (AvgIpc) is 2.06. The smallest absolute Gasteiger partial charge is 0.0309 e. The molecule has 0 radical (unpaired) electrons. The molecule has 64 valence electrons. The molecule has 0 aromatic carbocycles. The molecule has 0 saturated heterocycles. The van der Waals surface area contributed by atoms with Crippen molar-refractivity contribution < 1.29 is 0 Å². The van der Waals surface area contributed by atoms with Crippen molar-refractivity contribution in [2.75, 3.05) is 6.54 Å². The van der Waals surface area contributed by atoms with E-state index in [2.05, 4.69) is 0 Å². The van der Waals surface area contributed by atoms with E-state index in [1.165, 1.54) is 32.1 Å². The summed E-state index contributed by atoms with van der Waals surface area (Å²) in [5.74, 6) is 1.63. The summed E-state index contributed by atoms with van der Waals surface area (Å²) in [7, 11) is 0. The van der Waals surface area contributed by atoms with E-state index in [1.807, 2.05) is 0 Å². The molecule has 4 N–H and O–H groups in total. The van der Waals surface area contributed by atoms with Gasteiger partial charge in [-0.05, 0) is 31.1 Å². The first-order chi connectivity index (χ1) is 5.24. The van der Waals surface area contributed by atoms with E-state index in [1.54, 1.807) is 0 Å². The van der Waals surface area contributed by atoms with Crippen LogP contribution in [0.5, 0.6) is 0 Å². The van der Waals surface area contributed by atoms with Crippen molar-refractivity contribution in [2.45, 2.75) is 37.6 Å². The summed E-state index contributed by atoms with van der Waals surface area (Å²) in [6.45, 7) is 0.689. The van der Waals surface area contributed by atoms with Crippen molar-refractivity contribution in [3.63, 3.8) is 0 Å². The zero-order valence-corrected chi connectivity index (χ0v) is 7.05. The van der Waals surface area contributed by atoms with Crippen molar-refractivity contribution in [3.05, 3.63) is 0 Å². The van der Waals surface area contributed by atoms with Crippen LogP contribution in [0.1, 0.15) is 32.1 Å². The van der Waals surface area contributed by atoms with Gasteiger partial charge in [-0.25, -0.2) is 0 Å². The number of hydrogen-bond donors (Lipinski definition) is 2. The van der Waals surface area contributed by atoms with Crippen LogP contribution in [0.3, 0.4) is 0 Å². The summed E-state index contributed by atoms with van der Waals surface area (Å²) in [4.78, 5) is 0. The fourth-order valence-electron chi connectivity index (χ4n) is 2.90. The Morgan fingerprint density at radius 2 is 1.82 bits per heavy atom. The highest BCUT2D eigenvalue weighted by Crippen LogP contribution is 2.45. The molecule has 1 unspecified atom stereocenters. The van der Waals surface area contributed by atoms with Gasteiger partial charge in [0.15, 0.2) is 0 Å². The molecule has 2 heteroatoms. The van der Waals surface area contributed by atoms with E-state index in [0.29, 0.717) is 6.54 Å². The number of rotatable bonds is 1. The maximum atomic E-state index is 6.22. The largest absolute Gasteiger partial charge is 0.329 e. The maximum Gasteiger partial charge on any atom is 0.0309 e. The minimum absolute atomic E-state index is 0.0150. The Morgan fingerprint density at radius 3 is 2.09 bits per heavy atom. The van der Waals surface area contributed by atoms with Gasteiger partial charge in [-0.1, -0.05) is 12.8 Å². The van der Waals surface area contributed by atoms with Gasteiger partial charge in [-0.3, -0.25) is 0 Å². The van der Waals surface area contributed by atoms with E-state index in [9.17, 15) is 0 Å². The van der Waals surface area contributed by atoms with E-state index in [-0.39, 0.29) is 5.54 Å². The van der Waals surface area contributed by atoms with Crippen molar-refractivity contribution >= 4 is 0 Å². The van der Waals surface area contributed by atoms with E-state index < -0.39 is 0 Å². The Labute approximate surface area is 68.3 Å². The first kappa shape index (κ1) is 7.56. The molecule has 3 aliphatic rings. The zero-order chi connectivity index (χ0) is 7.90. The summed E-state index contributed by atoms with van der Waals surface area (Å²) in [5, 5.41) is 0. The van der Waals surface area contributed by atoms with Crippen molar-refractivity contribution in [2.24, 2.45) is 23.3 Å². The maximum absolute atomic E-state index is 6.22. The molecule has 0 spiro atoms. The molecule has 2 bridgehead atoms. The molecule has 0 aliphatic heterocycles. The topological polar surface area (TPSA) is 52.0 Å². The van der Waals surface area contributed by atoms with Crippen LogP contribution in [0.2, 0.25) is 0 Å². The third kappa shape index (κ3) is 1.09. The summed E-state index contributed by atoms with van der Waals surface area (Å²) < 4.78 is 0. The average molecular weight is 154 g/mol. The molecule has 3 rings (SSSR count). The van der Waals surface area contributed by atoms with E-state index in [0.717, 1.165) is 11.8 Å². The summed E-state index contributed by atoms with van der Waals surface area (Å²) in [6, 6.07) is 0. The van der Waals surface area contributed by atoms with Gasteiger partial charge in [0.2, 0.25) is 0 Å². The summed E-state index contributed by atoms with van der Waals surface area (Å²) >= 11 is 0. The molecule has 0 aromatic rings. The Hall–Kier alpha value is -0.0800.